The predicted molar refractivity (Wildman–Crippen MR) is 104 cm³/mol. The smallest absolute Gasteiger partial charge is 0.235 e. The summed E-state index contributed by atoms with van der Waals surface area (Å²) in [7, 11) is 0. The third-order valence-corrected chi connectivity index (χ3v) is 6.17. The molecule has 3 fully saturated rings. The SMILES string of the molecule is Cc1cc(C2CCC(=O)NC2=O)ncc1N1CC[C@@H](N2CCNCC2)[C@@H](F)C1. The van der Waals surface area contributed by atoms with Gasteiger partial charge in [-0.05, 0) is 31.4 Å². The zero-order valence-corrected chi connectivity index (χ0v) is 16.3. The predicted octanol–water partition coefficient (Wildman–Crippen LogP) is 0.732. The topological polar surface area (TPSA) is 77.6 Å². The summed E-state index contributed by atoms with van der Waals surface area (Å²) < 4.78 is 14.9. The van der Waals surface area contributed by atoms with E-state index in [4.69, 9.17) is 0 Å². The maximum atomic E-state index is 14.9. The molecule has 1 aromatic heterocycles. The van der Waals surface area contributed by atoms with Gasteiger partial charge in [-0.15, -0.1) is 0 Å². The fraction of sp³-hybridized carbons (Fsp3) is 0.650. The molecule has 1 unspecified atom stereocenters. The first-order valence-corrected chi connectivity index (χ1v) is 10.2. The van der Waals surface area contributed by atoms with Gasteiger partial charge in [-0.3, -0.25) is 24.8 Å². The molecular formula is C20H28FN5O2. The number of halogens is 1. The quantitative estimate of drug-likeness (QED) is 0.743. The molecular weight excluding hydrogens is 361 g/mol. The fourth-order valence-electron chi connectivity index (χ4n) is 4.60. The molecule has 0 saturated carbocycles. The number of hydrogen-bond donors (Lipinski definition) is 2. The van der Waals surface area contributed by atoms with Crippen LogP contribution in [0.5, 0.6) is 0 Å². The highest BCUT2D eigenvalue weighted by molar-refractivity contribution is 6.00. The second kappa shape index (κ2) is 8.13. The molecule has 1 aromatic rings. The highest BCUT2D eigenvalue weighted by Gasteiger charge is 2.35. The van der Waals surface area contributed by atoms with E-state index in [0.717, 1.165) is 50.4 Å². The molecule has 7 nitrogen and oxygen atoms in total. The van der Waals surface area contributed by atoms with Crippen molar-refractivity contribution in [2.24, 2.45) is 0 Å². The number of nitrogens with zero attached hydrogens (tertiary/aromatic N) is 3. The Morgan fingerprint density at radius 2 is 1.96 bits per heavy atom. The molecule has 0 aromatic carbocycles. The molecule has 3 atom stereocenters. The molecule has 2 N–H and O–H groups in total. The van der Waals surface area contributed by atoms with Gasteiger partial charge in [-0.2, -0.15) is 0 Å². The van der Waals surface area contributed by atoms with Gasteiger partial charge in [-0.1, -0.05) is 0 Å². The summed E-state index contributed by atoms with van der Waals surface area (Å²) in [5, 5.41) is 5.70. The lowest BCUT2D eigenvalue weighted by molar-refractivity contribution is -0.134. The molecule has 8 heteroatoms. The molecule has 4 rings (SSSR count). The molecule has 3 saturated heterocycles. The largest absolute Gasteiger partial charge is 0.367 e. The van der Waals surface area contributed by atoms with Crippen molar-refractivity contribution >= 4 is 17.5 Å². The van der Waals surface area contributed by atoms with Crippen LogP contribution in [0.15, 0.2) is 12.3 Å². The zero-order chi connectivity index (χ0) is 19.7. The van der Waals surface area contributed by atoms with Crippen molar-refractivity contribution in [3.8, 4) is 0 Å². The maximum Gasteiger partial charge on any atom is 0.235 e. The Kier molecular flexibility index (Phi) is 5.59. The van der Waals surface area contributed by atoms with Crippen molar-refractivity contribution in [3.63, 3.8) is 0 Å². The molecule has 3 aliphatic rings. The van der Waals surface area contributed by atoms with Gasteiger partial charge in [0, 0.05) is 45.2 Å². The summed E-state index contributed by atoms with van der Waals surface area (Å²) in [4.78, 5) is 32.3. The van der Waals surface area contributed by atoms with Crippen LogP contribution in [0.4, 0.5) is 10.1 Å². The second-order valence-corrected chi connectivity index (χ2v) is 8.00. The van der Waals surface area contributed by atoms with Gasteiger partial charge in [0.1, 0.15) is 6.17 Å². The number of aromatic nitrogens is 1. The van der Waals surface area contributed by atoms with Crippen molar-refractivity contribution in [2.45, 2.75) is 44.3 Å². The first-order chi connectivity index (χ1) is 13.5. The minimum Gasteiger partial charge on any atom is -0.367 e. The molecule has 152 valence electrons. The van der Waals surface area contributed by atoms with Crippen LogP contribution in [-0.2, 0) is 9.59 Å². The van der Waals surface area contributed by atoms with E-state index in [2.05, 4.69) is 25.4 Å². The molecule has 0 bridgehead atoms. The average molecular weight is 389 g/mol. The number of piperazine rings is 1. The van der Waals surface area contributed by atoms with Crippen LogP contribution in [0.3, 0.4) is 0 Å². The summed E-state index contributed by atoms with van der Waals surface area (Å²) >= 11 is 0. The zero-order valence-electron chi connectivity index (χ0n) is 16.3. The van der Waals surface area contributed by atoms with Crippen molar-refractivity contribution in [2.75, 3.05) is 44.2 Å². The maximum absolute atomic E-state index is 14.9. The summed E-state index contributed by atoms with van der Waals surface area (Å²) in [5.41, 5.74) is 2.60. The number of carbonyl (C=O) groups is 2. The number of hydrogen-bond acceptors (Lipinski definition) is 6. The fourth-order valence-corrected chi connectivity index (χ4v) is 4.60. The number of anilines is 1. The Morgan fingerprint density at radius 3 is 2.64 bits per heavy atom. The number of piperidine rings is 2. The van der Waals surface area contributed by atoms with E-state index in [1.54, 1.807) is 6.20 Å². The van der Waals surface area contributed by atoms with Gasteiger partial charge in [0.25, 0.3) is 0 Å². The van der Waals surface area contributed by atoms with E-state index in [1.165, 1.54) is 0 Å². The van der Waals surface area contributed by atoms with Gasteiger partial charge < -0.3 is 10.2 Å². The monoisotopic (exact) mass is 389 g/mol. The van der Waals surface area contributed by atoms with Crippen LogP contribution < -0.4 is 15.5 Å². The van der Waals surface area contributed by atoms with Crippen LogP contribution in [-0.4, -0.2) is 73.2 Å². The third kappa shape index (κ3) is 3.89. The molecule has 0 radical (unpaired) electrons. The van der Waals surface area contributed by atoms with Crippen LogP contribution in [0, 0.1) is 6.92 Å². The van der Waals surface area contributed by atoms with Gasteiger partial charge in [-0.25, -0.2) is 4.39 Å². The standard InChI is InChI=1S/C20H28FN5O2/c1-13-10-16(14-2-3-19(27)24-20(14)28)23-11-18(13)26-7-4-17(15(21)12-26)25-8-5-22-6-9-25/h10-11,14-15,17,22H,2-9,12H2,1H3,(H,24,27,28)/t14?,15-,17+/m0/s1. The van der Waals surface area contributed by atoms with E-state index >= 15 is 0 Å². The number of imide groups is 1. The Bertz CT molecular complexity index is 752. The second-order valence-electron chi connectivity index (χ2n) is 8.00. The minimum atomic E-state index is -0.888. The first kappa shape index (κ1) is 19.3. The number of pyridine rings is 1. The lowest BCUT2D eigenvalue weighted by Gasteiger charge is -2.43. The van der Waals surface area contributed by atoms with E-state index in [9.17, 15) is 14.0 Å². The van der Waals surface area contributed by atoms with Crippen molar-refractivity contribution in [3.05, 3.63) is 23.5 Å². The highest BCUT2D eigenvalue weighted by Crippen LogP contribution is 2.30. The molecule has 3 aliphatic heterocycles. The van der Waals surface area contributed by atoms with Crippen LogP contribution in [0.2, 0.25) is 0 Å². The number of aryl methyl sites for hydroxylation is 1. The van der Waals surface area contributed by atoms with Crippen molar-refractivity contribution < 1.29 is 14.0 Å². The number of rotatable bonds is 3. The normalized spacial score (nSPS) is 29.6. The van der Waals surface area contributed by atoms with E-state index in [-0.39, 0.29) is 17.9 Å². The summed E-state index contributed by atoms with van der Waals surface area (Å²) in [6, 6.07) is 1.90. The van der Waals surface area contributed by atoms with Gasteiger partial charge in [0.05, 0.1) is 30.0 Å². The summed E-state index contributed by atoms with van der Waals surface area (Å²) in [5.74, 6) is -0.898. The summed E-state index contributed by atoms with van der Waals surface area (Å²) in [6.07, 6.45) is 2.49. The highest BCUT2D eigenvalue weighted by atomic mass is 19.1. The Balaban J connectivity index is 1.43. The number of carbonyl (C=O) groups excluding carboxylic acids is 2. The Labute approximate surface area is 164 Å². The molecule has 4 heterocycles. The van der Waals surface area contributed by atoms with E-state index < -0.39 is 12.1 Å². The number of alkyl halides is 1. The van der Waals surface area contributed by atoms with Crippen LogP contribution in [0.25, 0.3) is 0 Å². The lowest BCUT2D eigenvalue weighted by atomic mass is 9.93. The minimum absolute atomic E-state index is 0.00522. The lowest BCUT2D eigenvalue weighted by Crippen LogP contribution is -2.57. The molecule has 28 heavy (non-hydrogen) atoms. The van der Waals surface area contributed by atoms with Crippen molar-refractivity contribution in [1.82, 2.24) is 20.5 Å². The Hall–Kier alpha value is -2.06. The molecule has 0 spiro atoms. The van der Waals surface area contributed by atoms with Gasteiger partial charge >= 0.3 is 0 Å². The van der Waals surface area contributed by atoms with E-state index in [0.29, 0.717) is 25.1 Å². The molecule has 2 amide bonds. The van der Waals surface area contributed by atoms with Gasteiger partial charge in [0.2, 0.25) is 11.8 Å². The average Bonchev–Trinajstić information content (AvgIpc) is 2.68. The van der Waals surface area contributed by atoms with Crippen LogP contribution in [0.1, 0.15) is 36.4 Å². The Morgan fingerprint density at radius 1 is 1.18 bits per heavy atom. The number of nitrogens with one attached hydrogen (secondary N) is 2. The van der Waals surface area contributed by atoms with Crippen LogP contribution >= 0.6 is 0 Å². The van der Waals surface area contributed by atoms with Gasteiger partial charge in [0.15, 0.2) is 0 Å². The molecule has 0 aliphatic carbocycles. The van der Waals surface area contributed by atoms with E-state index in [1.807, 2.05) is 13.0 Å². The number of amides is 2. The summed E-state index contributed by atoms with van der Waals surface area (Å²) in [6.45, 7) is 6.82. The van der Waals surface area contributed by atoms with Crippen molar-refractivity contribution in [1.29, 1.82) is 0 Å². The first-order valence-electron chi connectivity index (χ1n) is 10.2. The third-order valence-electron chi connectivity index (χ3n) is 6.17.